The summed E-state index contributed by atoms with van der Waals surface area (Å²) in [6.45, 7) is 12.0. The summed E-state index contributed by atoms with van der Waals surface area (Å²) in [4.78, 5) is 0. The second-order valence-electron chi connectivity index (χ2n) is 6.22. The maximum atomic E-state index is 5.89. The average Bonchev–Trinajstić information content (AvgIpc) is 2.12. The van der Waals surface area contributed by atoms with Crippen LogP contribution in [0.4, 0.5) is 0 Å². The van der Waals surface area contributed by atoms with Gasteiger partial charge in [0, 0.05) is 7.11 Å². The molecule has 15 heavy (non-hydrogen) atoms. The molecule has 0 bridgehead atoms. The first-order valence-corrected chi connectivity index (χ1v) is 5.93. The normalized spacial score (nSPS) is 31.2. The van der Waals surface area contributed by atoms with Gasteiger partial charge in [0.25, 0.3) is 0 Å². The molecule has 1 saturated heterocycles. The Kier molecular flexibility index (Phi) is 3.83. The molecule has 1 rings (SSSR count). The van der Waals surface area contributed by atoms with Crippen LogP contribution in [0.5, 0.6) is 0 Å². The van der Waals surface area contributed by atoms with Gasteiger partial charge in [-0.3, -0.25) is 0 Å². The molecular formula is C13H26O2. The minimum absolute atomic E-state index is 0.0354. The first-order chi connectivity index (χ1) is 6.77. The Labute approximate surface area is 94.3 Å². The van der Waals surface area contributed by atoms with Gasteiger partial charge in [0.15, 0.2) is 0 Å². The standard InChI is InChI=1S/C13H26O2/c1-10(14-6)7-11-8-13(4,5)15-9-12(11,2)3/h10-11H,7-9H2,1-6H3/t10-,11+/m1/s1. The number of hydrogen-bond acceptors (Lipinski definition) is 2. The van der Waals surface area contributed by atoms with Crippen molar-refractivity contribution in [1.82, 2.24) is 0 Å². The van der Waals surface area contributed by atoms with E-state index >= 15 is 0 Å². The third-order valence-corrected chi connectivity index (χ3v) is 3.70. The van der Waals surface area contributed by atoms with Crippen LogP contribution in [0.15, 0.2) is 0 Å². The van der Waals surface area contributed by atoms with Crippen molar-refractivity contribution >= 4 is 0 Å². The molecule has 2 heteroatoms. The molecule has 0 radical (unpaired) electrons. The average molecular weight is 214 g/mol. The van der Waals surface area contributed by atoms with E-state index < -0.39 is 0 Å². The van der Waals surface area contributed by atoms with Crippen LogP contribution in [0.3, 0.4) is 0 Å². The third kappa shape index (κ3) is 3.46. The predicted octanol–water partition coefficient (Wildman–Crippen LogP) is 3.25. The molecule has 1 fully saturated rings. The van der Waals surface area contributed by atoms with Gasteiger partial charge in [-0.05, 0) is 44.9 Å². The molecule has 90 valence electrons. The van der Waals surface area contributed by atoms with Crippen molar-refractivity contribution in [3.05, 3.63) is 0 Å². The quantitative estimate of drug-likeness (QED) is 0.718. The smallest absolute Gasteiger partial charge is 0.0629 e. The van der Waals surface area contributed by atoms with Crippen molar-refractivity contribution in [2.45, 2.75) is 59.2 Å². The maximum Gasteiger partial charge on any atom is 0.0629 e. The largest absolute Gasteiger partial charge is 0.382 e. The monoisotopic (exact) mass is 214 g/mol. The van der Waals surface area contributed by atoms with Crippen LogP contribution >= 0.6 is 0 Å². The van der Waals surface area contributed by atoms with Crippen LogP contribution in [0.25, 0.3) is 0 Å². The molecular weight excluding hydrogens is 188 g/mol. The van der Waals surface area contributed by atoms with Gasteiger partial charge in [-0.15, -0.1) is 0 Å². The van der Waals surface area contributed by atoms with Crippen molar-refractivity contribution in [3.63, 3.8) is 0 Å². The van der Waals surface area contributed by atoms with Crippen LogP contribution in [0.1, 0.15) is 47.5 Å². The lowest BCUT2D eigenvalue weighted by atomic mass is 9.69. The van der Waals surface area contributed by atoms with Gasteiger partial charge in [-0.2, -0.15) is 0 Å². The second kappa shape index (κ2) is 4.42. The molecule has 0 aromatic rings. The summed E-state index contributed by atoms with van der Waals surface area (Å²) in [7, 11) is 1.79. The zero-order valence-electron chi connectivity index (χ0n) is 11.1. The Morgan fingerprint density at radius 3 is 2.47 bits per heavy atom. The summed E-state index contributed by atoms with van der Waals surface area (Å²) >= 11 is 0. The zero-order valence-corrected chi connectivity index (χ0v) is 11.1. The molecule has 1 aliphatic rings. The number of methoxy groups -OCH3 is 1. The van der Waals surface area contributed by atoms with E-state index in [9.17, 15) is 0 Å². The summed E-state index contributed by atoms with van der Waals surface area (Å²) in [5.41, 5.74) is 0.315. The Balaban J connectivity index is 2.64. The lowest BCUT2D eigenvalue weighted by Crippen LogP contribution is -2.45. The second-order valence-corrected chi connectivity index (χ2v) is 6.22. The molecule has 2 nitrogen and oxygen atoms in total. The third-order valence-electron chi connectivity index (χ3n) is 3.70. The van der Waals surface area contributed by atoms with Gasteiger partial charge >= 0.3 is 0 Å². The first kappa shape index (κ1) is 13.0. The summed E-state index contributed by atoms with van der Waals surface area (Å²) in [6, 6.07) is 0. The lowest BCUT2D eigenvalue weighted by Gasteiger charge is -2.46. The molecule has 0 aromatic heterocycles. The van der Waals surface area contributed by atoms with Crippen molar-refractivity contribution < 1.29 is 9.47 Å². The molecule has 0 spiro atoms. The number of hydrogen-bond donors (Lipinski definition) is 0. The van der Waals surface area contributed by atoms with Gasteiger partial charge in [0.05, 0.1) is 18.3 Å². The predicted molar refractivity (Wildman–Crippen MR) is 63.0 cm³/mol. The molecule has 0 amide bonds. The Bertz CT molecular complexity index is 209. The van der Waals surface area contributed by atoms with E-state index in [4.69, 9.17) is 9.47 Å². The van der Waals surface area contributed by atoms with Crippen LogP contribution in [0.2, 0.25) is 0 Å². The Morgan fingerprint density at radius 2 is 1.93 bits per heavy atom. The van der Waals surface area contributed by atoms with Crippen LogP contribution in [-0.4, -0.2) is 25.4 Å². The summed E-state index contributed by atoms with van der Waals surface area (Å²) in [5.74, 6) is 0.691. The molecule has 0 N–H and O–H groups in total. The number of rotatable bonds is 3. The SMILES string of the molecule is CO[C@H](C)C[C@H]1CC(C)(C)OCC1(C)C. The van der Waals surface area contributed by atoms with Crippen molar-refractivity contribution in [2.24, 2.45) is 11.3 Å². The fourth-order valence-electron chi connectivity index (χ4n) is 2.33. The van der Waals surface area contributed by atoms with Crippen molar-refractivity contribution in [1.29, 1.82) is 0 Å². The van der Waals surface area contributed by atoms with E-state index in [0.29, 0.717) is 12.0 Å². The van der Waals surface area contributed by atoms with E-state index in [1.807, 2.05) is 0 Å². The van der Waals surface area contributed by atoms with Gasteiger partial charge in [-0.1, -0.05) is 13.8 Å². The molecule has 2 atom stereocenters. The molecule has 1 aliphatic heterocycles. The summed E-state index contributed by atoms with van der Waals surface area (Å²) in [6.07, 6.45) is 2.62. The highest BCUT2D eigenvalue weighted by atomic mass is 16.5. The molecule has 0 unspecified atom stereocenters. The minimum Gasteiger partial charge on any atom is -0.382 e. The maximum absolute atomic E-state index is 5.89. The zero-order chi connectivity index (χ0) is 11.7. The van der Waals surface area contributed by atoms with Crippen molar-refractivity contribution in [3.8, 4) is 0 Å². The van der Waals surface area contributed by atoms with Gasteiger partial charge in [-0.25, -0.2) is 0 Å². The fourth-order valence-corrected chi connectivity index (χ4v) is 2.33. The van der Waals surface area contributed by atoms with Gasteiger partial charge < -0.3 is 9.47 Å². The Hall–Kier alpha value is -0.0800. The van der Waals surface area contributed by atoms with Crippen LogP contribution in [-0.2, 0) is 9.47 Å². The Morgan fingerprint density at radius 1 is 1.33 bits per heavy atom. The van der Waals surface area contributed by atoms with Gasteiger partial charge in [0.1, 0.15) is 0 Å². The molecule has 1 heterocycles. The topological polar surface area (TPSA) is 18.5 Å². The molecule has 0 aromatic carbocycles. The highest BCUT2D eigenvalue weighted by Gasteiger charge is 2.41. The minimum atomic E-state index is 0.0354. The molecule has 0 aliphatic carbocycles. The summed E-state index contributed by atoms with van der Waals surface area (Å²) < 4.78 is 11.3. The summed E-state index contributed by atoms with van der Waals surface area (Å²) in [5, 5.41) is 0. The lowest BCUT2D eigenvalue weighted by molar-refractivity contribution is -0.140. The van der Waals surface area contributed by atoms with E-state index in [-0.39, 0.29) is 11.0 Å². The van der Waals surface area contributed by atoms with Gasteiger partial charge in [0.2, 0.25) is 0 Å². The molecule has 0 saturated carbocycles. The van der Waals surface area contributed by atoms with Crippen LogP contribution in [0, 0.1) is 11.3 Å². The highest BCUT2D eigenvalue weighted by molar-refractivity contribution is 4.90. The van der Waals surface area contributed by atoms with E-state index in [0.717, 1.165) is 19.4 Å². The highest BCUT2D eigenvalue weighted by Crippen LogP contribution is 2.42. The van der Waals surface area contributed by atoms with E-state index in [2.05, 4.69) is 34.6 Å². The van der Waals surface area contributed by atoms with Crippen LogP contribution < -0.4 is 0 Å². The first-order valence-electron chi connectivity index (χ1n) is 5.93. The van der Waals surface area contributed by atoms with E-state index in [1.165, 1.54) is 0 Å². The van der Waals surface area contributed by atoms with E-state index in [1.54, 1.807) is 7.11 Å². The fraction of sp³-hybridized carbons (Fsp3) is 1.00. The number of ether oxygens (including phenoxy) is 2. The van der Waals surface area contributed by atoms with Crippen molar-refractivity contribution in [2.75, 3.05) is 13.7 Å².